The van der Waals surface area contributed by atoms with Crippen LogP contribution >= 0.6 is 0 Å². The maximum absolute atomic E-state index is 13.3. The first-order valence-corrected chi connectivity index (χ1v) is 11.6. The predicted molar refractivity (Wildman–Crippen MR) is 108 cm³/mol. The molecule has 11 heteroatoms. The first-order valence-electron chi connectivity index (χ1n) is 9.71. The number of carbonyl (C=O) groups is 2. The number of amides is 2. The van der Waals surface area contributed by atoms with Gasteiger partial charge in [0.2, 0.25) is 21.8 Å². The second-order valence-corrected chi connectivity index (χ2v) is 10.1. The van der Waals surface area contributed by atoms with Crippen molar-refractivity contribution < 1.29 is 28.1 Å². The summed E-state index contributed by atoms with van der Waals surface area (Å²) in [6.45, 7) is 9.33. The van der Waals surface area contributed by atoms with Crippen LogP contribution in [0.2, 0.25) is 0 Å². The molecule has 0 aromatic rings. The Hall–Kier alpha value is -1.17. The van der Waals surface area contributed by atoms with E-state index < -0.39 is 46.5 Å². The zero-order valence-electron chi connectivity index (χ0n) is 17.6. The highest BCUT2D eigenvalue weighted by atomic mass is 32.2. The molecule has 0 saturated carbocycles. The van der Waals surface area contributed by atoms with Gasteiger partial charge in [-0.15, -0.1) is 0 Å². The number of nitrogens with one attached hydrogen (secondary N) is 2. The van der Waals surface area contributed by atoms with Crippen molar-refractivity contribution in [3.05, 3.63) is 0 Å². The van der Waals surface area contributed by atoms with Gasteiger partial charge in [0.15, 0.2) is 0 Å². The van der Waals surface area contributed by atoms with Crippen LogP contribution < -0.4 is 10.0 Å². The number of hydrogen-bond acceptors (Lipinski definition) is 6. The molecule has 28 heavy (non-hydrogen) atoms. The zero-order valence-corrected chi connectivity index (χ0v) is 18.4. The van der Waals surface area contributed by atoms with Crippen LogP contribution in [0.5, 0.6) is 0 Å². The summed E-state index contributed by atoms with van der Waals surface area (Å²) in [4.78, 5) is 27.6. The van der Waals surface area contributed by atoms with Crippen LogP contribution in [0, 0.1) is 11.8 Å². The van der Waals surface area contributed by atoms with E-state index in [0.29, 0.717) is 12.8 Å². The van der Waals surface area contributed by atoms with Gasteiger partial charge in [-0.25, -0.2) is 8.42 Å². The fraction of sp³-hybridized carbons (Fsp3) is 0.882. The van der Waals surface area contributed by atoms with Crippen molar-refractivity contribution in [3.8, 4) is 0 Å². The highest BCUT2D eigenvalue weighted by Gasteiger charge is 2.53. The number of sulfonamides is 1. The second kappa shape index (κ2) is 9.56. The van der Waals surface area contributed by atoms with E-state index >= 15 is 0 Å². The summed E-state index contributed by atoms with van der Waals surface area (Å²) >= 11 is 0. The summed E-state index contributed by atoms with van der Waals surface area (Å²) in [5, 5.41) is 21.4. The minimum atomic E-state index is -3.63. The Morgan fingerprint density at radius 2 is 1.86 bits per heavy atom. The van der Waals surface area contributed by atoms with E-state index in [1.165, 1.54) is 4.90 Å². The molecular formula is C17H34BN3O6S. The number of hydrogen-bond donors (Lipinski definition) is 4. The summed E-state index contributed by atoms with van der Waals surface area (Å²) < 4.78 is 26.2. The summed E-state index contributed by atoms with van der Waals surface area (Å²) in [5.41, 5.74) is -1.29. The van der Waals surface area contributed by atoms with Crippen LogP contribution in [-0.4, -0.2) is 72.6 Å². The lowest BCUT2D eigenvalue weighted by Gasteiger charge is -2.34. The Morgan fingerprint density at radius 3 is 2.25 bits per heavy atom. The quantitative estimate of drug-likeness (QED) is 0.352. The molecule has 4 N–H and O–H groups in total. The molecule has 0 radical (unpaired) electrons. The van der Waals surface area contributed by atoms with Gasteiger partial charge in [-0.3, -0.25) is 9.59 Å². The molecule has 0 bridgehead atoms. The van der Waals surface area contributed by atoms with Gasteiger partial charge in [0.1, 0.15) is 11.6 Å². The van der Waals surface area contributed by atoms with Crippen LogP contribution in [-0.2, 0) is 19.6 Å². The Kier molecular flexibility index (Phi) is 8.49. The lowest BCUT2D eigenvalue weighted by molar-refractivity contribution is -0.142. The zero-order chi connectivity index (χ0) is 21.9. The van der Waals surface area contributed by atoms with Crippen LogP contribution in [0.15, 0.2) is 0 Å². The van der Waals surface area contributed by atoms with Gasteiger partial charge in [-0.05, 0) is 31.1 Å². The average molecular weight is 419 g/mol. The molecular weight excluding hydrogens is 385 g/mol. The van der Waals surface area contributed by atoms with Crippen LogP contribution in [0.25, 0.3) is 0 Å². The van der Waals surface area contributed by atoms with Crippen LogP contribution in [0.4, 0.5) is 0 Å². The molecule has 1 saturated heterocycles. The lowest BCUT2D eigenvalue weighted by Crippen LogP contribution is -2.60. The molecule has 1 heterocycles. The third kappa shape index (κ3) is 5.92. The third-order valence-electron chi connectivity index (χ3n) is 5.24. The molecule has 0 aromatic heterocycles. The molecule has 0 aromatic carbocycles. The van der Waals surface area contributed by atoms with Crippen molar-refractivity contribution in [2.75, 3.05) is 12.8 Å². The van der Waals surface area contributed by atoms with E-state index in [1.54, 1.807) is 20.8 Å². The summed E-state index contributed by atoms with van der Waals surface area (Å²) in [6.07, 6.45) is 1.97. The largest absolute Gasteiger partial charge is 0.475 e. The van der Waals surface area contributed by atoms with Crippen LogP contribution in [0.3, 0.4) is 0 Å². The first kappa shape index (κ1) is 24.9. The number of nitrogens with zero attached hydrogens (tertiary/aromatic N) is 1. The van der Waals surface area contributed by atoms with Gasteiger partial charge >= 0.3 is 7.12 Å². The molecule has 0 aliphatic carbocycles. The van der Waals surface area contributed by atoms with Crippen molar-refractivity contribution in [1.82, 2.24) is 14.9 Å². The topological polar surface area (TPSA) is 136 Å². The molecule has 2 unspecified atom stereocenters. The molecule has 0 spiro atoms. The Labute approximate surface area is 168 Å². The van der Waals surface area contributed by atoms with Gasteiger partial charge in [0.05, 0.1) is 12.2 Å². The third-order valence-corrected chi connectivity index (χ3v) is 5.98. The molecule has 1 rings (SSSR count). The number of likely N-dealkylation sites (tertiary alicyclic amines) is 1. The maximum atomic E-state index is 13.3. The summed E-state index contributed by atoms with van der Waals surface area (Å²) in [7, 11) is -5.34. The van der Waals surface area contributed by atoms with Crippen molar-refractivity contribution >= 4 is 29.0 Å². The van der Waals surface area contributed by atoms with E-state index in [0.717, 1.165) is 6.26 Å². The van der Waals surface area contributed by atoms with E-state index in [4.69, 9.17) is 0 Å². The number of rotatable bonds is 10. The minimum Gasteiger partial charge on any atom is -0.426 e. The Morgan fingerprint density at radius 1 is 1.29 bits per heavy atom. The maximum Gasteiger partial charge on any atom is 0.475 e. The van der Waals surface area contributed by atoms with Gasteiger partial charge in [0, 0.05) is 6.54 Å². The van der Waals surface area contributed by atoms with Gasteiger partial charge in [0.25, 0.3) is 0 Å². The van der Waals surface area contributed by atoms with Crippen molar-refractivity contribution in [2.45, 2.75) is 71.4 Å². The first-order chi connectivity index (χ1) is 12.7. The van der Waals surface area contributed by atoms with Gasteiger partial charge in [-0.2, -0.15) is 4.72 Å². The molecule has 1 aliphatic heterocycles. The minimum absolute atomic E-state index is 0.0968. The fourth-order valence-corrected chi connectivity index (χ4v) is 4.71. The van der Waals surface area contributed by atoms with Gasteiger partial charge < -0.3 is 20.3 Å². The van der Waals surface area contributed by atoms with E-state index in [2.05, 4.69) is 10.0 Å². The average Bonchev–Trinajstić information content (AvgIpc) is 2.85. The van der Waals surface area contributed by atoms with Gasteiger partial charge in [-0.1, -0.05) is 34.6 Å². The SMILES string of the molecule is CCC(NC(=O)[C@H](CC(C)C)N1CCC(NS(C)(=O)=O)(C(C)C)C1=O)B(O)O. The summed E-state index contributed by atoms with van der Waals surface area (Å²) in [5.74, 6) is -1.94. The van der Waals surface area contributed by atoms with Crippen molar-refractivity contribution in [2.24, 2.45) is 11.8 Å². The second-order valence-electron chi connectivity index (χ2n) is 8.33. The van der Waals surface area contributed by atoms with Crippen molar-refractivity contribution in [1.29, 1.82) is 0 Å². The normalized spacial score (nSPS) is 22.6. The molecule has 1 fully saturated rings. The standard InChI is InChI=1S/C17H34BN3O6S/c1-7-14(18(24)25)19-15(22)13(10-11(2)3)21-9-8-17(12(4)5,16(21)23)20-28(6,26)27/h11-14,20,24-25H,7-10H2,1-6H3,(H,19,22)/t13-,14?,17?/m0/s1. The monoisotopic (exact) mass is 419 g/mol. The Balaban J connectivity index is 3.19. The molecule has 9 nitrogen and oxygen atoms in total. The summed E-state index contributed by atoms with van der Waals surface area (Å²) in [6, 6.07) is -0.817. The predicted octanol–water partition coefficient (Wildman–Crippen LogP) is -0.516. The smallest absolute Gasteiger partial charge is 0.426 e. The number of carbonyl (C=O) groups excluding carboxylic acids is 2. The highest BCUT2D eigenvalue weighted by molar-refractivity contribution is 7.88. The molecule has 162 valence electrons. The lowest BCUT2D eigenvalue weighted by atomic mass is 9.77. The molecule has 1 aliphatic rings. The molecule has 2 amide bonds. The van der Waals surface area contributed by atoms with E-state index in [9.17, 15) is 28.1 Å². The molecule has 3 atom stereocenters. The van der Waals surface area contributed by atoms with E-state index in [-0.39, 0.29) is 24.8 Å². The highest BCUT2D eigenvalue weighted by Crippen LogP contribution is 2.33. The van der Waals surface area contributed by atoms with Crippen molar-refractivity contribution in [3.63, 3.8) is 0 Å². The van der Waals surface area contributed by atoms with Crippen LogP contribution in [0.1, 0.15) is 53.9 Å². The Bertz CT molecular complexity index is 670. The van der Waals surface area contributed by atoms with E-state index in [1.807, 2.05) is 13.8 Å². The fourth-order valence-electron chi connectivity index (χ4n) is 3.63.